The molecule has 0 saturated heterocycles. The summed E-state index contributed by atoms with van der Waals surface area (Å²) in [5.41, 5.74) is 1.98. The van der Waals surface area contributed by atoms with Crippen LogP contribution in [-0.4, -0.2) is 19.4 Å². The smallest absolute Gasteiger partial charge is 0.119 e. The average Bonchev–Trinajstić information content (AvgIpc) is 2.28. The predicted octanol–water partition coefficient (Wildman–Crippen LogP) is 3.01. The SMILES string of the molecule is C=C(C)COc1ccc(/C=N/OCC)cc1. The van der Waals surface area contributed by atoms with Gasteiger partial charge in [0.2, 0.25) is 0 Å². The second kappa shape index (κ2) is 6.67. The van der Waals surface area contributed by atoms with Crippen molar-refractivity contribution in [1.29, 1.82) is 0 Å². The van der Waals surface area contributed by atoms with E-state index in [1.807, 2.05) is 38.1 Å². The molecule has 0 N–H and O–H groups in total. The van der Waals surface area contributed by atoms with Crippen molar-refractivity contribution in [3.8, 4) is 5.75 Å². The number of rotatable bonds is 6. The Morgan fingerprint density at radius 1 is 1.38 bits per heavy atom. The Morgan fingerprint density at radius 2 is 2.06 bits per heavy atom. The van der Waals surface area contributed by atoms with Crippen LogP contribution in [0, 0.1) is 0 Å². The summed E-state index contributed by atoms with van der Waals surface area (Å²) in [6, 6.07) is 7.65. The van der Waals surface area contributed by atoms with Crippen LogP contribution in [0.2, 0.25) is 0 Å². The zero-order valence-electron chi connectivity index (χ0n) is 9.77. The first-order chi connectivity index (χ1) is 7.72. The highest BCUT2D eigenvalue weighted by Crippen LogP contribution is 2.11. The van der Waals surface area contributed by atoms with E-state index in [0.717, 1.165) is 16.9 Å². The number of nitrogens with zero attached hydrogens (tertiary/aromatic N) is 1. The number of benzene rings is 1. The van der Waals surface area contributed by atoms with Crippen molar-refractivity contribution >= 4 is 6.21 Å². The lowest BCUT2D eigenvalue weighted by Gasteiger charge is -2.05. The second-order valence-corrected chi connectivity index (χ2v) is 3.47. The molecule has 0 amide bonds. The van der Waals surface area contributed by atoms with Gasteiger partial charge in [0, 0.05) is 0 Å². The van der Waals surface area contributed by atoms with Crippen molar-refractivity contribution in [3.05, 3.63) is 42.0 Å². The Labute approximate surface area is 96.4 Å². The average molecular weight is 219 g/mol. The van der Waals surface area contributed by atoms with Gasteiger partial charge < -0.3 is 9.57 Å². The van der Waals surface area contributed by atoms with Crippen LogP contribution < -0.4 is 4.74 Å². The van der Waals surface area contributed by atoms with E-state index in [2.05, 4.69) is 11.7 Å². The normalized spacial score (nSPS) is 10.4. The molecule has 0 bridgehead atoms. The van der Waals surface area contributed by atoms with Gasteiger partial charge in [-0.25, -0.2) is 0 Å². The molecule has 0 unspecified atom stereocenters. The van der Waals surface area contributed by atoms with Gasteiger partial charge >= 0.3 is 0 Å². The molecule has 3 heteroatoms. The Morgan fingerprint density at radius 3 is 2.62 bits per heavy atom. The van der Waals surface area contributed by atoms with Crippen LogP contribution in [0.15, 0.2) is 41.6 Å². The van der Waals surface area contributed by atoms with E-state index in [-0.39, 0.29) is 0 Å². The number of oxime groups is 1. The fraction of sp³-hybridized carbons (Fsp3) is 0.308. The summed E-state index contributed by atoms with van der Waals surface area (Å²) in [4.78, 5) is 4.87. The Hall–Kier alpha value is -1.77. The van der Waals surface area contributed by atoms with E-state index in [1.165, 1.54) is 0 Å². The minimum absolute atomic E-state index is 0.548. The molecule has 0 spiro atoms. The van der Waals surface area contributed by atoms with Gasteiger partial charge in [0.1, 0.15) is 19.0 Å². The van der Waals surface area contributed by atoms with E-state index >= 15 is 0 Å². The van der Waals surface area contributed by atoms with Gasteiger partial charge in [0.25, 0.3) is 0 Å². The van der Waals surface area contributed by atoms with E-state index in [0.29, 0.717) is 13.2 Å². The van der Waals surface area contributed by atoms with Gasteiger partial charge in [0.15, 0.2) is 0 Å². The first-order valence-electron chi connectivity index (χ1n) is 5.25. The number of hydrogen-bond acceptors (Lipinski definition) is 3. The van der Waals surface area contributed by atoms with Gasteiger partial charge in [-0.15, -0.1) is 0 Å². The lowest BCUT2D eigenvalue weighted by Crippen LogP contribution is -1.97. The number of hydrogen-bond donors (Lipinski definition) is 0. The Kier molecular flexibility index (Phi) is 5.12. The van der Waals surface area contributed by atoms with Crippen LogP contribution in [0.25, 0.3) is 0 Å². The molecule has 3 nitrogen and oxygen atoms in total. The third kappa shape index (κ3) is 4.64. The maximum absolute atomic E-state index is 5.47. The minimum Gasteiger partial charge on any atom is -0.489 e. The highest BCUT2D eigenvalue weighted by Gasteiger charge is 1.94. The summed E-state index contributed by atoms with van der Waals surface area (Å²) >= 11 is 0. The van der Waals surface area contributed by atoms with E-state index < -0.39 is 0 Å². The van der Waals surface area contributed by atoms with E-state index in [1.54, 1.807) is 6.21 Å². The minimum atomic E-state index is 0.548. The molecule has 86 valence electrons. The zero-order chi connectivity index (χ0) is 11.8. The molecule has 0 atom stereocenters. The molecule has 0 aliphatic rings. The summed E-state index contributed by atoms with van der Waals surface area (Å²) in [5.74, 6) is 0.830. The first-order valence-corrected chi connectivity index (χ1v) is 5.25. The molecule has 0 radical (unpaired) electrons. The predicted molar refractivity (Wildman–Crippen MR) is 66.0 cm³/mol. The van der Waals surface area contributed by atoms with Crippen molar-refractivity contribution in [2.24, 2.45) is 5.16 Å². The van der Waals surface area contributed by atoms with Crippen molar-refractivity contribution in [1.82, 2.24) is 0 Å². The van der Waals surface area contributed by atoms with Crippen LogP contribution >= 0.6 is 0 Å². The molecule has 0 saturated carbocycles. The maximum atomic E-state index is 5.47. The van der Waals surface area contributed by atoms with Crippen LogP contribution in [0.5, 0.6) is 5.75 Å². The molecular formula is C13H17NO2. The van der Waals surface area contributed by atoms with Crippen LogP contribution in [0.3, 0.4) is 0 Å². The fourth-order valence-corrected chi connectivity index (χ4v) is 1.03. The summed E-state index contributed by atoms with van der Waals surface area (Å²) < 4.78 is 5.47. The second-order valence-electron chi connectivity index (χ2n) is 3.47. The standard InChI is InChI=1S/C13H17NO2/c1-4-16-14-9-12-5-7-13(8-6-12)15-10-11(2)3/h5-9H,2,4,10H2,1,3H3/b14-9+. The molecule has 0 fully saturated rings. The molecule has 16 heavy (non-hydrogen) atoms. The van der Waals surface area contributed by atoms with Crippen LogP contribution in [-0.2, 0) is 4.84 Å². The van der Waals surface area contributed by atoms with Gasteiger partial charge in [-0.2, -0.15) is 0 Å². The van der Waals surface area contributed by atoms with Crippen molar-refractivity contribution in [2.45, 2.75) is 13.8 Å². The molecule has 0 aromatic heterocycles. The third-order valence-electron chi connectivity index (χ3n) is 1.77. The highest BCUT2D eigenvalue weighted by atomic mass is 16.6. The van der Waals surface area contributed by atoms with Crippen LogP contribution in [0.4, 0.5) is 0 Å². The fourth-order valence-electron chi connectivity index (χ4n) is 1.03. The first kappa shape index (κ1) is 12.3. The van der Waals surface area contributed by atoms with Crippen LogP contribution in [0.1, 0.15) is 19.4 Å². The quantitative estimate of drug-likeness (QED) is 0.418. The van der Waals surface area contributed by atoms with E-state index in [4.69, 9.17) is 9.57 Å². The molecule has 1 rings (SSSR count). The third-order valence-corrected chi connectivity index (χ3v) is 1.77. The Balaban J connectivity index is 2.50. The van der Waals surface area contributed by atoms with Crippen molar-refractivity contribution in [3.63, 3.8) is 0 Å². The largest absolute Gasteiger partial charge is 0.489 e. The van der Waals surface area contributed by atoms with E-state index in [9.17, 15) is 0 Å². The molecule has 0 aliphatic heterocycles. The molecule has 0 aliphatic carbocycles. The maximum Gasteiger partial charge on any atom is 0.119 e. The van der Waals surface area contributed by atoms with Gasteiger partial charge in [0.05, 0.1) is 6.21 Å². The molecule has 1 aromatic rings. The summed E-state index contributed by atoms with van der Waals surface area (Å²) in [7, 11) is 0. The number of ether oxygens (including phenoxy) is 1. The topological polar surface area (TPSA) is 30.8 Å². The Bertz CT molecular complexity index is 355. The van der Waals surface area contributed by atoms with Gasteiger partial charge in [-0.1, -0.05) is 11.7 Å². The monoisotopic (exact) mass is 219 g/mol. The lowest BCUT2D eigenvalue weighted by atomic mass is 10.2. The summed E-state index contributed by atoms with van der Waals surface area (Å²) in [6.45, 7) is 8.73. The highest BCUT2D eigenvalue weighted by molar-refractivity contribution is 5.79. The summed E-state index contributed by atoms with van der Waals surface area (Å²) in [5, 5.41) is 3.78. The summed E-state index contributed by atoms with van der Waals surface area (Å²) in [6.07, 6.45) is 1.67. The van der Waals surface area contributed by atoms with Crippen molar-refractivity contribution < 1.29 is 9.57 Å². The molecule has 0 heterocycles. The van der Waals surface area contributed by atoms with Crippen molar-refractivity contribution in [2.75, 3.05) is 13.2 Å². The molecular weight excluding hydrogens is 202 g/mol. The lowest BCUT2D eigenvalue weighted by molar-refractivity contribution is 0.160. The molecule has 1 aromatic carbocycles. The van der Waals surface area contributed by atoms with Gasteiger partial charge in [-0.05, 0) is 49.2 Å². The van der Waals surface area contributed by atoms with Gasteiger partial charge in [-0.3, -0.25) is 0 Å². The zero-order valence-corrected chi connectivity index (χ0v) is 9.77.